The maximum Gasteiger partial charge on any atom is 0.251 e. The summed E-state index contributed by atoms with van der Waals surface area (Å²) in [7, 11) is -3.48. The first-order valence-corrected chi connectivity index (χ1v) is 9.36. The highest BCUT2D eigenvalue weighted by atomic mass is 32.2. The zero-order valence-electron chi connectivity index (χ0n) is 14.6. The molecule has 4 rings (SSSR count). The number of hydrogen-bond donors (Lipinski definition) is 0. The molecular weight excluding hydrogens is 338 g/mol. The molecule has 0 spiro atoms. The van der Waals surface area contributed by atoms with Crippen molar-refractivity contribution in [3.63, 3.8) is 0 Å². The van der Waals surface area contributed by atoms with Gasteiger partial charge in [0.05, 0.1) is 19.3 Å². The van der Waals surface area contributed by atoms with Crippen LogP contribution in [0, 0.1) is 6.92 Å². The monoisotopic (exact) mass is 354 g/mol. The molecule has 8 heteroatoms. The summed E-state index contributed by atoms with van der Waals surface area (Å²) >= 11 is 0. The van der Waals surface area contributed by atoms with Crippen LogP contribution in [0.2, 0.25) is 0 Å². The smallest absolute Gasteiger partial charge is 0.251 e. The highest BCUT2D eigenvalue weighted by molar-refractivity contribution is 7.89. The van der Waals surface area contributed by atoms with Crippen LogP contribution in [0.4, 0.5) is 0 Å². The SMILES string of the molecule is [2H]c1cnc(-c2cccc(C)n2)n1-c1ccc2c(cnn2S(C)(=O)=O)c1. The van der Waals surface area contributed by atoms with Gasteiger partial charge in [0, 0.05) is 29.1 Å². The molecule has 0 N–H and O–H groups in total. The van der Waals surface area contributed by atoms with Gasteiger partial charge in [-0.05, 0) is 37.3 Å². The molecule has 0 saturated heterocycles. The summed E-state index contributed by atoms with van der Waals surface area (Å²) in [5.74, 6) is 0.550. The Morgan fingerprint density at radius 1 is 1.20 bits per heavy atom. The van der Waals surface area contributed by atoms with Crippen molar-refractivity contribution < 1.29 is 9.79 Å². The second-order valence-electron chi connectivity index (χ2n) is 5.70. The molecule has 126 valence electrons. The van der Waals surface area contributed by atoms with Gasteiger partial charge in [-0.2, -0.15) is 9.19 Å². The van der Waals surface area contributed by atoms with Crippen LogP contribution < -0.4 is 0 Å². The van der Waals surface area contributed by atoms with Crippen LogP contribution in [0.5, 0.6) is 0 Å². The molecule has 1 aromatic carbocycles. The molecule has 0 unspecified atom stereocenters. The molecule has 3 heterocycles. The molecule has 0 saturated carbocycles. The zero-order chi connectivity index (χ0) is 18.5. The first-order chi connectivity index (χ1) is 12.3. The Morgan fingerprint density at radius 2 is 2.04 bits per heavy atom. The lowest BCUT2D eigenvalue weighted by Gasteiger charge is -2.08. The Balaban J connectivity index is 1.90. The fourth-order valence-corrected chi connectivity index (χ4v) is 3.45. The lowest BCUT2D eigenvalue weighted by molar-refractivity contribution is 0.588. The molecule has 0 radical (unpaired) electrons. The summed E-state index contributed by atoms with van der Waals surface area (Å²) in [6.45, 7) is 1.89. The molecule has 0 fully saturated rings. The van der Waals surface area contributed by atoms with Gasteiger partial charge in [-0.3, -0.25) is 4.57 Å². The molecule has 0 atom stereocenters. The normalized spacial score (nSPS) is 12.5. The number of benzene rings is 1. The third-order valence-corrected chi connectivity index (χ3v) is 4.71. The first kappa shape index (κ1) is 14.4. The van der Waals surface area contributed by atoms with E-state index >= 15 is 0 Å². The number of aromatic nitrogens is 5. The van der Waals surface area contributed by atoms with Gasteiger partial charge in [0.1, 0.15) is 5.69 Å². The van der Waals surface area contributed by atoms with Gasteiger partial charge in [-0.15, -0.1) is 0 Å². The van der Waals surface area contributed by atoms with Crippen molar-refractivity contribution in [2.24, 2.45) is 0 Å². The average Bonchev–Trinajstić information content (AvgIpc) is 3.17. The highest BCUT2D eigenvalue weighted by Crippen LogP contribution is 2.24. The van der Waals surface area contributed by atoms with Crippen molar-refractivity contribution in [3.8, 4) is 17.2 Å². The van der Waals surface area contributed by atoms with Gasteiger partial charge in [-0.25, -0.2) is 18.4 Å². The molecule has 0 aliphatic heterocycles. The van der Waals surface area contributed by atoms with Crippen molar-refractivity contribution in [1.82, 2.24) is 23.7 Å². The van der Waals surface area contributed by atoms with Crippen LogP contribution in [-0.2, 0) is 10.0 Å². The van der Waals surface area contributed by atoms with Crippen molar-refractivity contribution in [1.29, 1.82) is 0 Å². The van der Waals surface area contributed by atoms with E-state index in [9.17, 15) is 8.42 Å². The van der Waals surface area contributed by atoms with Crippen LogP contribution >= 0.6 is 0 Å². The van der Waals surface area contributed by atoms with Crippen LogP contribution in [0.1, 0.15) is 7.06 Å². The molecule has 7 nitrogen and oxygen atoms in total. The lowest BCUT2D eigenvalue weighted by Crippen LogP contribution is -2.11. The van der Waals surface area contributed by atoms with E-state index in [1.165, 1.54) is 12.4 Å². The van der Waals surface area contributed by atoms with Crippen LogP contribution in [0.15, 0.2) is 55.0 Å². The minimum Gasteiger partial charge on any atom is -0.298 e. The first-order valence-electron chi connectivity index (χ1n) is 8.02. The van der Waals surface area contributed by atoms with Gasteiger partial charge in [0.15, 0.2) is 5.82 Å². The number of hydrogen-bond acceptors (Lipinski definition) is 5. The van der Waals surface area contributed by atoms with Crippen LogP contribution in [-0.4, -0.2) is 38.4 Å². The Bertz CT molecular complexity index is 1240. The lowest BCUT2D eigenvalue weighted by atomic mass is 10.2. The average molecular weight is 354 g/mol. The maximum absolute atomic E-state index is 11.8. The van der Waals surface area contributed by atoms with E-state index in [1.54, 1.807) is 22.8 Å². The van der Waals surface area contributed by atoms with Crippen molar-refractivity contribution >= 4 is 20.9 Å². The number of fused-ring (bicyclic) bond motifs is 1. The van der Waals surface area contributed by atoms with E-state index < -0.39 is 10.0 Å². The summed E-state index contributed by atoms with van der Waals surface area (Å²) in [5, 5.41) is 4.60. The molecule has 0 aliphatic rings. The van der Waals surface area contributed by atoms with E-state index in [2.05, 4.69) is 15.1 Å². The second kappa shape index (κ2) is 5.52. The van der Waals surface area contributed by atoms with Crippen molar-refractivity contribution in [2.75, 3.05) is 6.26 Å². The Kier molecular flexibility index (Phi) is 3.17. The molecule has 25 heavy (non-hydrogen) atoms. The minimum atomic E-state index is -3.48. The van der Waals surface area contributed by atoms with E-state index in [0.717, 1.165) is 16.0 Å². The largest absolute Gasteiger partial charge is 0.298 e. The Labute approximate surface area is 146 Å². The van der Waals surface area contributed by atoms with E-state index in [4.69, 9.17) is 1.37 Å². The number of pyridine rings is 1. The van der Waals surface area contributed by atoms with Gasteiger partial charge in [0.25, 0.3) is 10.0 Å². The predicted octanol–water partition coefficient (Wildman–Crippen LogP) is 2.40. The second-order valence-corrected chi connectivity index (χ2v) is 7.52. The topological polar surface area (TPSA) is 82.7 Å². The number of rotatable bonds is 3. The standard InChI is InChI=1S/C17H15N5O2S/c1-12-4-3-5-15(20-12)17-18-8-9-21(17)14-6-7-16-13(10-14)11-19-22(16)25(2,23)24/h3-11H,1-2H3/i9D. The van der Waals surface area contributed by atoms with Gasteiger partial charge in [-0.1, -0.05) is 6.07 Å². The zero-order valence-corrected chi connectivity index (χ0v) is 14.4. The van der Waals surface area contributed by atoms with Gasteiger partial charge >= 0.3 is 0 Å². The summed E-state index contributed by atoms with van der Waals surface area (Å²) in [6, 6.07) is 10.8. The fourth-order valence-electron chi connectivity index (χ4n) is 2.71. The van der Waals surface area contributed by atoms with Gasteiger partial charge in [0.2, 0.25) is 0 Å². The Hall–Kier alpha value is -3.00. The summed E-state index contributed by atoms with van der Waals surface area (Å²) in [4.78, 5) is 8.80. The molecule has 0 aliphatic carbocycles. The van der Waals surface area contributed by atoms with Gasteiger partial charge < -0.3 is 0 Å². The summed E-state index contributed by atoms with van der Waals surface area (Å²) in [5.41, 5.74) is 2.69. The van der Waals surface area contributed by atoms with Crippen molar-refractivity contribution in [2.45, 2.75) is 6.92 Å². The molecule has 0 amide bonds. The highest BCUT2D eigenvalue weighted by Gasteiger charge is 2.14. The third kappa shape index (κ3) is 2.70. The molecule has 0 bridgehead atoms. The fraction of sp³-hybridized carbons (Fsp3) is 0.118. The summed E-state index contributed by atoms with van der Waals surface area (Å²) in [6.07, 6.45) is 4.26. The number of imidazole rings is 1. The van der Waals surface area contributed by atoms with E-state index in [1.807, 2.05) is 25.1 Å². The van der Waals surface area contributed by atoms with Crippen LogP contribution in [0.3, 0.4) is 0 Å². The number of aryl methyl sites for hydroxylation is 1. The quantitative estimate of drug-likeness (QED) is 0.564. The maximum atomic E-state index is 11.8. The summed E-state index contributed by atoms with van der Waals surface area (Å²) < 4.78 is 34.4. The molecular formula is C17H15N5O2S. The van der Waals surface area contributed by atoms with E-state index in [-0.39, 0.29) is 6.17 Å². The predicted molar refractivity (Wildman–Crippen MR) is 95.1 cm³/mol. The van der Waals surface area contributed by atoms with Crippen LogP contribution in [0.25, 0.3) is 28.1 Å². The van der Waals surface area contributed by atoms with Crippen molar-refractivity contribution in [3.05, 3.63) is 60.7 Å². The third-order valence-electron chi connectivity index (χ3n) is 3.79. The molecule has 3 aromatic heterocycles. The Morgan fingerprint density at radius 3 is 2.80 bits per heavy atom. The van der Waals surface area contributed by atoms with E-state index in [0.29, 0.717) is 28.1 Å². The minimum absolute atomic E-state index is 0.207. The molecule has 4 aromatic rings. The number of nitrogens with zero attached hydrogens (tertiary/aromatic N) is 5.